The Morgan fingerprint density at radius 3 is 1.05 bits per heavy atom. The van der Waals surface area contributed by atoms with Gasteiger partial charge in [-0.05, 0) is 210 Å². The first kappa shape index (κ1) is 66.2. The van der Waals surface area contributed by atoms with Crippen LogP contribution in [0.2, 0.25) is 0 Å². The van der Waals surface area contributed by atoms with Crippen LogP contribution in [0, 0.1) is 0 Å². The fourth-order valence-electron chi connectivity index (χ4n) is 17.3. The SMILES string of the molecule is CC(C)(C)c1cc(-c2ccccc2)c(N2c3ccc(-c4ccc5oc6ccccc6c5c4)cc3B3c4ccc(-c5ccc6c(-c7ccccc7)c7ccccc7c(-c7ccccc7)c6c5)cc4N(c4c(-c5ccccc5)cc(C(C)(C)C)cc4-c4ccccc4)c4cc(C(C)(C)C)cc2c43)c(-c2ccccc2)c1. The van der Waals surface area contributed by atoms with Gasteiger partial charge >= 0.3 is 0 Å². The first-order valence-corrected chi connectivity index (χ1v) is 38.2. The Morgan fingerprint density at radius 1 is 0.231 bits per heavy atom. The molecule has 4 heteroatoms. The number of nitrogens with zero attached hydrogens (tertiary/aromatic N) is 2. The Balaban J connectivity index is 0.973. The summed E-state index contributed by atoms with van der Waals surface area (Å²) in [6, 6.07) is 128. The first-order chi connectivity index (χ1) is 52.5. The third-order valence-electron chi connectivity index (χ3n) is 22.9. The van der Waals surface area contributed by atoms with Gasteiger partial charge in [-0.1, -0.05) is 329 Å². The van der Waals surface area contributed by atoms with Crippen molar-refractivity contribution in [3.8, 4) is 89.0 Å². The van der Waals surface area contributed by atoms with Crippen LogP contribution in [0.25, 0.3) is 132 Å². The fourth-order valence-corrected chi connectivity index (χ4v) is 17.3. The standard InChI is InChI=1S/C104H83BN2O/c1-102(2,3)76-60-83(66-32-16-10-17-33-66)100(84(61-76)67-34-18-11-19-35-67)106-91-54-50-74(73-51-55-96-87(56-73)79-44-30-31-47-95(79)108-96)58-90(91)105-89-53-49-75(72-48-52-82-88(57-72)98(71-42-26-15-27-43-71)81-46-29-28-45-80(81)97(82)70-40-24-14-25-41-70)59-92(89)107(94-65-78(104(7,8)9)64-93(106)99(94)105)101-85(68-36-20-12-21-37-68)62-77(103(4,5)6)63-86(101)69-38-22-13-23-39-69/h10-65H,1-9H3. The van der Waals surface area contributed by atoms with Crippen LogP contribution in [-0.4, -0.2) is 6.71 Å². The van der Waals surface area contributed by atoms with Crippen LogP contribution in [0.5, 0.6) is 0 Å². The second-order valence-corrected chi connectivity index (χ2v) is 32.7. The molecule has 1 aromatic heterocycles. The molecule has 0 bridgehead atoms. The fraction of sp³-hybridized carbons (Fsp3) is 0.115. The smallest absolute Gasteiger partial charge is 0.252 e. The van der Waals surface area contributed by atoms with E-state index in [1.54, 1.807) is 0 Å². The molecule has 0 unspecified atom stereocenters. The molecule has 19 rings (SSSR count). The maximum absolute atomic E-state index is 6.55. The molecule has 0 atom stereocenters. The van der Waals surface area contributed by atoms with Gasteiger partial charge in [-0.15, -0.1) is 0 Å². The van der Waals surface area contributed by atoms with E-state index in [4.69, 9.17) is 4.42 Å². The summed E-state index contributed by atoms with van der Waals surface area (Å²) in [7, 11) is 0. The number of fused-ring (bicyclic) bond motifs is 9. The predicted molar refractivity (Wildman–Crippen MR) is 462 cm³/mol. The van der Waals surface area contributed by atoms with E-state index in [1.807, 2.05) is 0 Å². The maximum Gasteiger partial charge on any atom is 0.252 e. The Morgan fingerprint density at radius 2 is 0.574 bits per heavy atom. The molecule has 17 aromatic rings. The molecule has 3 heterocycles. The molecule has 0 radical (unpaired) electrons. The minimum Gasteiger partial charge on any atom is -0.456 e. The van der Waals surface area contributed by atoms with Crippen LogP contribution in [-0.2, 0) is 16.2 Å². The maximum atomic E-state index is 6.55. The van der Waals surface area contributed by atoms with Gasteiger partial charge in [0, 0.05) is 55.8 Å². The summed E-state index contributed by atoms with van der Waals surface area (Å²) in [6.07, 6.45) is 0. The molecule has 2 aliphatic rings. The lowest BCUT2D eigenvalue weighted by molar-refractivity contribution is 0.590. The minimum absolute atomic E-state index is 0.187. The Hall–Kier alpha value is -12.5. The van der Waals surface area contributed by atoms with Crippen LogP contribution in [0.15, 0.2) is 344 Å². The van der Waals surface area contributed by atoms with Crippen LogP contribution in [0.3, 0.4) is 0 Å². The molecule has 518 valence electrons. The topological polar surface area (TPSA) is 19.6 Å². The van der Waals surface area contributed by atoms with Gasteiger partial charge in [0.25, 0.3) is 6.71 Å². The van der Waals surface area contributed by atoms with Crippen molar-refractivity contribution in [2.45, 2.75) is 78.6 Å². The lowest BCUT2D eigenvalue weighted by atomic mass is 9.33. The van der Waals surface area contributed by atoms with Gasteiger partial charge in [-0.3, -0.25) is 0 Å². The quantitative estimate of drug-likeness (QED) is 0.100. The summed E-state index contributed by atoms with van der Waals surface area (Å²) in [5, 5.41) is 7.10. The summed E-state index contributed by atoms with van der Waals surface area (Å²) >= 11 is 0. The molecule has 2 aliphatic heterocycles. The highest BCUT2D eigenvalue weighted by atomic mass is 16.3. The monoisotopic (exact) mass is 1390 g/mol. The zero-order valence-electron chi connectivity index (χ0n) is 62.7. The van der Waals surface area contributed by atoms with Crippen molar-refractivity contribution < 1.29 is 4.42 Å². The molecule has 0 N–H and O–H groups in total. The van der Waals surface area contributed by atoms with Crippen molar-refractivity contribution in [3.63, 3.8) is 0 Å². The van der Waals surface area contributed by atoms with E-state index in [0.29, 0.717) is 0 Å². The van der Waals surface area contributed by atoms with Gasteiger partial charge in [0.05, 0.1) is 11.4 Å². The summed E-state index contributed by atoms with van der Waals surface area (Å²) in [6.45, 7) is 21.1. The van der Waals surface area contributed by atoms with Crippen molar-refractivity contribution in [1.82, 2.24) is 0 Å². The summed E-state index contributed by atoms with van der Waals surface area (Å²) in [5.74, 6) is 0. The minimum atomic E-state index is -0.327. The molecular weight excluding hydrogens is 1300 g/mol. The van der Waals surface area contributed by atoms with Crippen molar-refractivity contribution >= 4 is 101 Å². The highest BCUT2D eigenvalue weighted by molar-refractivity contribution is 7.00. The van der Waals surface area contributed by atoms with E-state index >= 15 is 0 Å². The number of rotatable bonds is 10. The van der Waals surface area contributed by atoms with Crippen LogP contribution in [0.1, 0.15) is 79.0 Å². The molecule has 0 saturated heterocycles. The Labute approximate surface area is 634 Å². The van der Waals surface area contributed by atoms with Crippen molar-refractivity contribution in [2.75, 3.05) is 9.80 Å². The van der Waals surface area contributed by atoms with Crippen LogP contribution in [0.4, 0.5) is 34.1 Å². The molecule has 0 fully saturated rings. The summed E-state index contributed by atoms with van der Waals surface area (Å²) < 4.78 is 6.55. The highest BCUT2D eigenvalue weighted by Gasteiger charge is 2.47. The van der Waals surface area contributed by atoms with Crippen molar-refractivity contribution in [1.29, 1.82) is 0 Å². The number of furan rings is 1. The second-order valence-electron chi connectivity index (χ2n) is 32.7. The number of benzene rings is 16. The van der Waals surface area contributed by atoms with E-state index < -0.39 is 0 Å². The number of anilines is 6. The Kier molecular flexibility index (Phi) is 15.7. The lowest BCUT2D eigenvalue weighted by Gasteiger charge is -2.47. The molecule has 108 heavy (non-hydrogen) atoms. The van der Waals surface area contributed by atoms with Gasteiger partial charge in [-0.25, -0.2) is 0 Å². The van der Waals surface area contributed by atoms with E-state index in [1.165, 1.54) is 88.0 Å². The summed E-state index contributed by atoms with van der Waals surface area (Å²) in [4.78, 5) is 5.44. The number of hydrogen-bond acceptors (Lipinski definition) is 3. The lowest BCUT2D eigenvalue weighted by Crippen LogP contribution is -2.61. The average Bonchev–Trinajstić information content (AvgIpc) is 0.748. The largest absolute Gasteiger partial charge is 0.456 e. The molecule has 16 aromatic carbocycles. The average molecular weight is 1390 g/mol. The van der Waals surface area contributed by atoms with Gasteiger partial charge in [0.2, 0.25) is 0 Å². The van der Waals surface area contributed by atoms with E-state index in [-0.39, 0.29) is 23.0 Å². The first-order valence-electron chi connectivity index (χ1n) is 38.2. The van der Waals surface area contributed by atoms with E-state index in [2.05, 4.69) is 412 Å². The third kappa shape index (κ3) is 11.2. The van der Waals surface area contributed by atoms with Crippen molar-refractivity contribution in [3.05, 3.63) is 356 Å². The van der Waals surface area contributed by atoms with Gasteiger partial charge in [0.15, 0.2) is 0 Å². The van der Waals surface area contributed by atoms with E-state index in [9.17, 15) is 0 Å². The van der Waals surface area contributed by atoms with Crippen molar-refractivity contribution in [2.24, 2.45) is 0 Å². The Bertz CT molecular complexity index is 6280. The molecule has 0 amide bonds. The summed E-state index contributed by atoms with van der Waals surface area (Å²) in [5.41, 5.74) is 34.0. The second kappa shape index (κ2) is 25.6. The van der Waals surface area contributed by atoms with Gasteiger partial charge in [0.1, 0.15) is 11.2 Å². The molecule has 0 aliphatic carbocycles. The molecular formula is C104H83BN2O. The van der Waals surface area contributed by atoms with Gasteiger partial charge in [-0.2, -0.15) is 0 Å². The highest BCUT2D eigenvalue weighted by Crippen LogP contribution is 2.56. The van der Waals surface area contributed by atoms with Crippen LogP contribution < -0.4 is 26.2 Å². The zero-order chi connectivity index (χ0) is 73.3. The third-order valence-corrected chi connectivity index (χ3v) is 22.9. The normalized spacial score (nSPS) is 12.8. The van der Waals surface area contributed by atoms with Crippen LogP contribution >= 0.6 is 0 Å². The van der Waals surface area contributed by atoms with E-state index in [0.717, 1.165) is 112 Å². The molecule has 0 spiro atoms. The number of hydrogen-bond donors (Lipinski definition) is 0. The van der Waals surface area contributed by atoms with Gasteiger partial charge < -0.3 is 14.2 Å². The predicted octanol–water partition coefficient (Wildman–Crippen LogP) is 27.2. The molecule has 0 saturated carbocycles. The molecule has 3 nitrogen and oxygen atoms in total. The number of para-hydroxylation sites is 1. The zero-order valence-corrected chi connectivity index (χ0v) is 62.7.